The second kappa shape index (κ2) is 9.57. The van der Waals surface area contributed by atoms with Crippen LogP contribution in [0.1, 0.15) is 50.8 Å². The van der Waals surface area contributed by atoms with Crippen LogP contribution < -0.4 is 10.6 Å². The Labute approximate surface area is 138 Å². The highest BCUT2D eigenvalue weighted by Crippen LogP contribution is 2.24. The number of carbonyl (C=O) groups excluding carboxylic acids is 1. The molecule has 1 fully saturated rings. The molecule has 1 aliphatic rings. The van der Waals surface area contributed by atoms with E-state index in [1.165, 1.54) is 19.3 Å². The van der Waals surface area contributed by atoms with Crippen LogP contribution in [0.25, 0.3) is 0 Å². The molecule has 0 aliphatic carbocycles. The van der Waals surface area contributed by atoms with E-state index in [0.717, 1.165) is 25.3 Å². The van der Waals surface area contributed by atoms with Crippen molar-refractivity contribution in [1.82, 2.24) is 15.5 Å². The van der Waals surface area contributed by atoms with Crippen molar-refractivity contribution in [2.45, 2.75) is 51.1 Å². The topological polar surface area (TPSA) is 77.7 Å². The fourth-order valence-corrected chi connectivity index (χ4v) is 3.05. The second-order valence-corrected chi connectivity index (χ2v) is 6.25. The molecule has 2 heterocycles. The fourth-order valence-electron chi connectivity index (χ4n) is 3.05. The quantitative estimate of drug-likeness (QED) is 0.686. The molecule has 0 saturated carbocycles. The lowest BCUT2D eigenvalue weighted by atomic mass is 10.1. The largest absolute Gasteiger partial charge is 0.468 e. The van der Waals surface area contributed by atoms with Crippen molar-refractivity contribution in [2.24, 2.45) is 0 Å². The number of piperidine rings is 1. The smallest absolute Gasteiger partial charge is 0.315 e. The van der Waals surface area contributed by atoms with E-state index in [4.69, 9.17) is 9.52 Å². The maximum atomic E-state index is 12.0. The van der Waals surface area contributed by atoms with Gasteiger partial charge in [0.2, 0.25) is 0 Å². The molecule has 2 amide bonds. The summed E-state index contributed by atoms with van der Waals surface area (Å²) < 4.78 is 5.57. The lowest BCUT2D eigenvalue weighted by molar-refractivity contribution is 0.143. The average Bonchev–Trinajstić information content (AvgIpc) is 3.08. The van der Waals surface area contributed by atoms with Crippen molar-refractivity contribution in [3.8, 4) is 0 Å². The van der Waals surface area contributed by atoms with Crippen LogP contribution in [0.5, 0.6) is 0 Å². The van der Waals surface area contributed by atoms with E-state index >= 15 is 0 Å². The minimum Gasteiger partial charge on any atom is -0.468 e. The van der Waals surface area contributed by atoms with Gasteiger partial charge in [-0.25, -0.2) is 4.79 Å². The van der Waals surface area contributed by atoms with Gasteiger partial charge in [-0.3, -0.25) is 4.90 Å². The number of aliphatic hydroxyl groups excluding tert-OH is 1. The SMILES string of the molecule is CC(CCCO)NC(=O)NCC(c1ccco1)N1CCCCC1. The van der Waals surface area contributed by atoms with Crippen molar-refractivity contribution < 1.29 is 14.3 Å². The lowest BCUT2D eigenvalue weighted by Crippen LogP contribution is -2.45. The number of likely N-dealkylation sites (tertiary alicyclic amines) is 1. The first-order valence-corrected chi connectivity index (χ1v) is 8.63. The summed E-state index contributed by atoms with van der Waals surface area (Å²) in [5, 5.41) is 14.7. The average molecular weight is 323 g/mol. The van der Waals surface area contributed by atoms with Gasteiger partial charge in [0.1, 0.15) is 5.76 Å². The first-order chi connectivity index (χ1) is 11.2. The second-order valence-electron chi connectivity index (χ2n) is 6.25. The maximum absolute atomic E-state index is 12.0. The van der Waals surface area contributed by atoms with Crippen molar-refractivity contribution in [2.75, 3.05) is 26.2 Å². The number of urea groups is 1. The summed E-state index contributed by atoms with van der Waals surface area (Å²) in [7, 11) is 0. The highest BCUT2D eigenvalue weighted by molar-refractivity contribution is 5.74. The molecule has 6 heteroatoms. The van der Waals surface area contributed by atoms with Crippen LogP contribution in [-0.4, -0.2) is 48.3 Å². The minimum atomic E-state index is -0.163. The van der Waals surface area contributed by atoms with E-state index in [1.54, 1.807) is 6.26 Å². The van der Waals surface area contributed by atoms with Crippen LogP contribution in [0.3, 0.4) is 0 Å². The Morgan fingerprint density at radius 3 is 2.83 bits per heavy atom. The third kappa shape index (κ3) is 5.88. The van der Waals surface area contributed by atoms with Crippen LogP contribution in [0.4, 0.5) is 4.79 Å². The zero-order valence-corrected chi connectivity index (χ0v) is 14.0. The Kier molecular flexibility index (Phi) is 7.42. The van der Waals surface area contributed by atoms with Gasteiger partial charge in [-0.2, -0.15) is 0 Å². The molecule has 1 aromatic heterocycles. The summed E-state index contributed by atoms with van der Waals surface area (Å²) in [6.45, 7) is 4.72. The molecular weight excluding hydrogens is 294 g/mol. The molecule has 0 aromatic carbocycles. The molecule has 130 valence electrons. The Morgan fingerprint density at radius 2 is 2.17 bits per heavy atom. The molecule has 1 saturated heterocycles. The van der Waals surface area contributed by atoms with Crippen LogP contribution in [0.2, 0.25) is 0 Å². The van der Waals surface area contributed by atoms with Crippen molar-refractivity contribution in [1.29, 1.82) is 0 Å². The van der Waals surface area contributed by atoms with Crippen molar-refractivity contribution >= 4 is 6.03 Å². The number of hydrogen-bond donors (Lipinski definition) is 3. The Bertz CT molecular complexity index is 444. The van der Waals surface area contributed by atoms with Gasteiger partial charge in [-0.05, 0) is 57.8 Å². The number of nitrogens with zero attached hydrogens (tertiary/aromatic N) is 1. The third-order valence-electron chi connectivity index (χ3n) is 4.33. The van der Waals surface area contributed by atoms with Crippen LogP contribution >= 0.6 is 0 Å². The number of amides is 2. The van der Waals surface area contributed by atoms with Crippen LogP contribution in [0.15, 0.2) is 22.8 Å². The predicted octanol–water partition coefficient (Wildman–Crippen LogP) is 2.27. The van der Waals surface area contributed by atoms with Gasteiger partial charge in [0.25, 0.3) is 0 Å². The summed E-state index contributed by atoms with van der Waals surface area (Å²) in [4.78, 5) is 14.4. The molecular formula is C17H29N3O3. The molecule has 0 bridgehead atoms. The summed E-state index contributed by atoms with van der Waals surface area (Å²) >= 11 is 0. The van der Waals surface area contributed by atoms with E-state index in [2.05, 4.69) is 15.5 Å². The molecule has 3 N–H and O–H groups in total. The van der Waals surface area contributed by atoms with Crippen molar-refractivity contribution in [3.05, 3.63) is 24.2 Å². The van der Waals surface area contributed by atoms with Gasteiger partial charge in [0.05, 0.1) is 12.3 Å². The van der Waals surface area contributed by atoms with E-state index in [9.17, 15) is 4.79 Å². The minimum absolute atomic E-state index is 0.0548. The zero-order chi connectivity index (χ0) is 16.5. The molecule has 1 aliphatic heterocycles. The van der Waals surface area contributed by atoms with E-state index < -0.39 is 0 Å². The third-order valence-corrected chi connectivity index (χ3v) is 4.33. The van der Waals surface area contributed by atoms with Gasteiger partial charge in [0.15, 0.2) is 0 Å². The molecule has 2 unspecified atom stereocenters. The molecule has 2 rings (SSSR count). The van der Waals surface area contributed by atoms with Gasteiger partial charge in [0, 0.05) is 19.2 Å². The van der Waals surface area contributed by atoms with Gasteiger partial charge in [-0.15, -0.1) is 0 Å². The first kappa shape index (κ1) is 17.8. The Morgan fingerprint density at radius 1 is 1.39 bits per heavy atom. The molecule has 23 heavy (non-hydrogen) atoms. The highest BCUT2D eigenvalue weighted by atomic mass is 16.3. The maximum Gasteiger partial charge on any atom is 0.315 e. The number of rotatable bonds is 8. The van der Waals surface area contributed by atoms with Crippen LogP contribution in [0, 0.1) is 0 Å². The molecule has 0 radical (unpaired) electrons. The van der Waals surface area contributed by atoms with Crippen molar-refractivity contribution in [3.63, 3.8) is 0 Å². The summed E-state index contributed by atoms with van der Waals surface area (Å²) in [5.41, 5.74) is 0. The number of hydrogen-bond acceptors (Lipinski definition) is 4. The predicted molar refractivity (Wildman–Crippen MR) is 89.2 cm³/mol. The molecule has 1 aromatic rings. The molecule has 2 atom stereocenters. The fraction of sp³-hybridized carbons (Fsp3) is 0.706. The van der Waals surface area contributed by atoms with E-state index in [0.29, 0.717) is 13.0 Å². The van der Waals surface area contributed by atoms with Gasteiger partial charge < -0.3 is 20.2 Å². The Balaban J connectivity index is 1.84. The molecule has 0 spiro atoms. The monoisotopic (exact) mass is 323 g/mol. The molecule has 6 nitrogen and oxygen atoms in total. The van der Waals surface area contributed by atoms with Crippen LogP contribution in [-0.2, 0) is 0 Å². The van der Waals surface area contributed by atoms with E-state index in [1.807, 2.05) is 19.1 Å². The Hall–Kier alpha value is -1.53. The standard InChI is InChI=1S/C17H29N3O3/c1-14(7-5-11-21)19-17(22)18-13-15(16-8-6-12-23-16)20-9-3-2-4-10-20/h6,8,12,14-15,21H,2-5,7,9-11,13H2,1H3,(H2,18,19,22). The van der Waals surface area contributed by atoms with E-state index in [-0.39, 0.29) is 24.7 Å². The van der Waals surface area contributed by atoms with Gasteiger partial charge in [-0.1, -0.05) is 6.42 Å². The summed E-state index contributed by atoms with van der Waals surface area (Å²) in [5.74, 6) is 0.903. The number of carbonyl (C=O) groups is 1. The number of aliphatic hydroxyl groups is 1. The zero-order valence-electron chi connectivity index (χ0n) is 14.0. The summed E-state index contributed by atoms with van der Waals surface area (Å²) in [6.07, 6.45) is 6.83. The van der Waals surface area contributed by atoms with Gasteiger partial charge >= 0.3 is 6.03 Å². The number of furan rings is 1. The lowest BCUT2D eigenvalue weighted by Gasteiger charge is -2.33. The summed E-state index contributed by atoms with van der Waals surface area (Å²) in [6, 6.07) is 3.85. The normalized spacial score (nSPS) is 18.3. The first-order valence-electron chi connectivity index (χ1n) is 8.63. The number of nitrogens with one attached hydrogen (secondary N) is 2. The highest BCUT2D eigenvalue weighted by Gasteiger charge is 2.25.